The predicted octanol–water partition coefficient (Wildman–Crippen LogP) is 3.94. The molecule has 2 N–H and O–H groups in total. The van der Waals surface area contributed by atoms with Gasteiger partial charge in [-0.3, -0.25) is 9.52 Å². The number of hydrogen-bond acceptors (Lipinski definition) is 3. The first-order valence-corrected chi connectivity index (χ1v) is 10.5. The van der Waals surface area contributed by atoms with E-state index in [-0.39, 0.29) is 16.8 Å². The Hall–Kier alpha value is -2.34. The molecule has 0 atom stereocenters. The zero-order valence-electron chi connectivity index (χ0n) is 14.6. The van der Waals surface area contributed by atoms with Crippen molar-refractivity contribution in [2.24, 2.45) is 0 Å². The van der Waals surface area contributed by atoms with E-state index in [0.717, 1.165) is 25.7 Å². The quantitative estimate of drug-likeness (QED) is 0.781. The summed E-state index contributed by atoms with van der Waals surface area (Å²) in [6.45, 7) is 0. The molecule has 1 amide bonds. The Morgan fingerprint density at radius 1 is 0.846 bits per heavy atom. The molecule has 0 bridgehead atoms. The minimum absolute atomic E-state index is 0.132. The zero-order chi connectivity index (χ0) is 18.4. The zero-order valence-corrected chi connectivity index (χ0v) is 15.5. The molecular formula is C20H24N2O3S. The van der Waals surface area contributed by atoms with Crippen LogP contribution in [-0.2, 0) is 10.0 Å². The van der Waals surface area contributed by atoms with Gasteiger partial charge in [-0.2, -0.15) is 0 Å². The van der Waals surface area contributed by atoms with Gasteiger partial charge in [0.05, 0.1) is 4.90 Å². The molecule has 6 heteroatoms. The van der Waals surface area contributed by atoms with Gasteiger partial charge in [0.1, 0.15) is 0 Å². The summed E-state index contributed by atoms with van der Waals surface area (Å²) >= 11 is 0. The smallest absolute Gasteiger partial charge is 0.261 e. The first kappa shape index (κ1) is 18.5. The van der Waals surface area contributed by atoms with Crippen LogP contribution >= 0.6 is 0 Å². The molecule has 0 spiro atoms. The molecule has 0 saturated heterocycles. The van der Waals surface area contributed by atoms with Crippen molar-refractivity contribution in [2.75, 3.05) is 4.72 Å². The molecule has 1 aliphatic rings. The maximum absolute atomic E-state index is 12.4. The number of para-hydroxylation sites is 1. The highest BCUT2D eigenvalue weighted by Gasteiger charge is 2.18. The summed E-state index contributed by atoms with van der Waals surface area (Å²) in [6.07, 6.45) is 6.78. The van der Waals surface area contributed by atoms with Crippen molar-refractivity contribution >= 4 is 21.6 Å². The molecule has 0 aromatic heterocycles. The first-order valence-electron chi connectivity index (χ1n) is 9.03. The molecule has 0 aliphatic heterocycles. The second kappa shape index (κ2) is 8.36. The van der Waals surface area contributed by atoms with Gasteiger partial charge in [-0.15, -0.1) is 0 Å². The van der Waals surface area contributed by atoms with E-state index in [4.69, 9.17) is 0 Å². The molecule has 138 valence electrons. The monoisotopic (exact) mass is 372 g/mol. The Bertz CT molecular complexity index is 825. The van der Waals surface area contributed by atoms with Crippen LogP contribution in [0.5, 0.6) is 0 Å². The van der Waals surface area contributed by atoms with Crippen molar-refractivity contribution in [3.8, 4) is 0 Å². The summed E-state index contributed by atoms with van der Waals surface area (Å²) in [7, 11) is -3.67. The highest BCUT2D eigenvalue weighted by Crippen LogP contribution is 2.19. The number of carbonyl (C=O) groups is 1. The van der Waals surface area contributed by atoms with E-state index < -0.39 is 10.0 Å². The normalized spacial score (nSPS) is 15.8. The van der Waals surface area contributed by atoms with Crippen molar-refractivity contribution in [2.45, 2.75) is 49.5 Å². The number of benzene rings is 2. The fraction of sp³-hybridized carbons (Fsp3) is 0.350. The van der Waals surface area contributed by atoms with E-state index in [1.54, 1.807) is 36.4 Å². The molecule has 26 heavy (non-hydrogen) atoms. The van der Waals surface area contributed by atoms with Crippen molar-refractivity contribution in [3.63, 3.8) is 0 Å². The molecule has 3 rings (SSSR count). The van der Waals surface area contributed by atoms with Crippen LogP contribution in [0.25, 0.3) is 0 Å². The number of amides is 1. The molecule has 5 nitrogen and oxygen atoms in total. The number of rotatable bonds is 5. The molecule has 1 fully saturated rings. The SMILES string of the molecule is O=C(NC1CCCCCC1)c1ccc(S(=O)(=O)Nc2ccccc2)cc1. The van der Waals surface area contributed by atoms with Crippen LogP contribution in [-0.4, -0.2) is 20.4 Å². The molecule has 2 aromatic rings. The second-order valence-corrected chi connectivity index (χ2v) is 8.34. The fourth-order valence-electron chi connectivity index (χ4n) is 3.20. The topological polar surface area (TPSA) is 75.3 Å². The van der Waals surface area contributed by atoms with Crippen LogP contribution in [0.2, 0.25) is 0 Å². The van der Waals surface area contributed by atoms with Gasteiger partial charge in [-0.1, -0.05) is 43.9 Å². The standard InChI is InChI=1S/C20H24N2O3S/c23-20(21-17-8-4-1-2-5-9-17)16-12-14-19(15-13-16)26(24,25)22-18-10-6-3-7-11-18/h3,6-7,10-15,17,22H,1-2,4-5,8-9H2,(H,21,23). The molecule has 0 unspecified atom stereocenters. The Balaban J connectivity index is 1.66. The van der Waals surface area contributed by atoms with Crippen LogP contribution in [0, 0.1) is 0 Å². The van der Waals surface area contributed by atoms with Crippen LogP contribution in [0.4, 0.5) is 5.69 Å². The Morgan fingerprint density at radius 2 is 1.46 bits per heavy atom. The Labute approximate surface area is 154 Å². The molecule has 1 saturated carbocycles. The fourth-order valence-corrected chi connectivity index (χ4v) is 4.26. The second-order valence-electron chi connectivity index (χ2n) is 6.66. The van der Waals surface area contributed by atoms with Crippen molar-refractivity contribution in [1.82, 2.24) is 5.32 Å². The van der Waals surface area contributed by atoms with E-state index in [0.29, 0.717) is 11.3 Å². The van der Waals surface area contributed by atoms with Gasteiger partial charge in [-0.05, 0) is 49.2 Å². The van der Waals surface area contributed by atoms with E-state index in [9.17, 15) is 13.2 Å². The lowest BCUT2D eigenvalue weighted by atomic mass is 10.1. The maximum atomic E-state index is 12.4. The summed E-state index contributed by atoms with van der Waals surface area (Å²) in [5.41, 5.74) is 0.982. The lowest BCUT2D eigenvalue weighted by molar-refractivity contribution is 0.0933. The van der Waals surface area contributed by atoms with Crippen LogP contribution in [0.15, 0.2) is 59.5 Å². The summed E-state index contributed by atoms with van der Waals surface area (Å²) in [4.78, 5) is 12.5. The number of anilines is 1. The highest BCUT2D eigenvalue weighted by molar-refractivity contribution is 7.92. The Kier molecular flexibility index (Phi) is 5.93. The number of carbonyl (C=O) groups excluding carboxylic acids is 1. The molecular weight excluding hydrogens is 348 g/mol. The summed E-state index contributed by atoms with van der Waals surface area (Å²) in [5.74, 6) is -0.142. The van der Waals surface area contributed by atoms with Gasteiger partial charge in [0.2, 0.25) is 0 Å². The minimum atomic E-state index is -3.67. The molecule has 2 aromatic carbocycles. The van der Waals surface area contributed by atoms with E-state index in [1.165, 1.54) is 25.0 Å². The first-order chi connectivity index (χ1) is 12.5. The molecule has 1 aliphatic carbocycles. The molecule has 0 heterocycles. The average molecular weight is 372 g/mol. The van der Waals surface area contributed by atoms with Crippen molar-refractivity contribution in [3.05, 3.63) is 60.2 Å². The van der Waals surface area contributed by atoms with Crippen LogP contribution < -0.4 is 10.0 Å². The summed E-state index contributed by atoms with van der Waals surface area (Å²) in [5, 5.41) is 3.07. The maximum Gasteiger partial charge on any atom is 0.261 e. The lowest BCUT2D eigenvalue weighted by Gasteiger charge is -2.16. The van der Waals surface area contributed by atoms with Gasteiger partial charge < -0.3 is 5.32 Å². The largest absolute Gasteiger partial charge is 0.349 e. The van der Waals surface area contributed by atoms with E-state index in [1.807, 2.05) is 6.07 Å². The third-order valence-electron chi connectivity index (χ3n) is 4.64. The van der Waals surface area contributed by atoms with Gasteiger partial charge in [-0.25, -0.2) is 8.42 Å². The highest BCUT2D eigenvalue weighted by atomic mass is 32.2. The number of sulfonamides is 1. The number of nitrogens with one attached hydrogen (secondary N) is 2. The molecule has 0 radical (unpaired) electrons. The van der Waals surface area contributed by atoms with Gasteiger partial charge in [0.25, 0.3) is 15.9 Å². The van der Waals surface area contributed by atoms with Crippen molar-refractivity contribution < 1.29 is 13.2 Å². The van der Waals surface area contributed by atoms with Gasteiger partial charge >= 0.3 is 0 Å². The third-order valence-corrected chi connectivity index (χ3v) is 6.04. The third kappa shape index (κ3) is 4.85. The number of hydrogen-bond donors (Lipinski definition) is 2. The van der Waals surface area contributed by atoms with Gasteiger partial charge in [0, 0.05) is 17.3 Å². The minimum Gasteiger partial charge on any atom is -0.349 e. The van der Waals surface area contributed by atoms with Gasteiger partial charge in [0.15, 0.2) is 0 Å². The Morgan fingerprint density at radius 3 is 2.08 bits per heavy atom. The van der Waals surface area contributed by atoms with Crippen LogP contribution in [0.3, 0.4) is 0 Å². The average Bonchev–Trinajstić information content (AvgIpc) is 2.91. The summed E-state index contributed by atoms with van der Waals surface area (Å²) < 4.78 is 27.4. The van der Waals surface area contributed by atoms with Crippen LogP contribution in [0.1, 0.15) is 48.9 Å². The lowest BCUT2D eigenvalue weighted by Crippen LogP contribution is -2.34. The van der Waals surface area contributed by atoms with E-state index >= 15 is 0 Å². The predicted molar refractivity (Wildman–Crippen MR) is 103 cm³/mol. The summed E-state index contributed by atoms with van der Waals surface area (Å²) in [6, 6.07) is 15.0. The van der Waals surface area contributed by atoms with E-state index in [2.05, 4.69) is 10.0 Å². The van der Waals surface area contributed by atoms with Crippen molar-refractivity contribution in [1.29, 1.82) is 0 Å².